The van der Waals surface area contributed by atoms with Crippen LogP contribution in [0.1, 0.15) is 11.7 Å². The minimum atomic E-state index is -0.193. The van der Waals surface area contributed by atoms with Gasteiger partial charge in [0.15, 0.2) is 0 Å². The van der Waals surface area contributed by atoms with E-state index in [2.05, 4.69) is 45.2 Å². The van der Waals surface area contributed by atoms with Gasteiger partial charge in [0, 0.05) is 29.3 Å². The molecule has 0 unspecified atom stereocenters. The summed E-state index contributed by atoms with van der Waals surface area (Å²) in [6.45, 7) is 0. The van der Waals surface area contributed by atoms with Crippen LogP contribution >= 0.6 is 11.6 Å². The van der Waals surface area contributed by atoms with Crippen molar-refractivity contribution in [3.63, 3.8) is 0 Å². The van der Waals surface area contributed by atoms with E-state index >= 15 is 0 Å². The third-order valence-electron chi connectivity index (χ3n) is 5.31. The largest absolute Gasteiger partial charge is 0.400 e. The SMILES string of the molecule is CO.Clc1nc2ccccc2cc1[C@@H]1Nc2ccccc2-c2nc3ccccc3n21. The molecule has 0 saturated heterocycles. The Morgan fingerprint density at radius 2 is 1.57 bits per heavy atom. The molecule has 0 amide bonds. The highest BCUT2D eigenvalue weighted by atomic mass is 35.5. The van der Waals surface area contributed by atoms with E-state index in [0.29, 0.717) is 5.15 Å². The smallest absolute Gasteiger partial charge is 0.145 e. The molecule has 0 bridgehead atoms. The molecule has 148 valence electrons. The summed E-state index contributed by atoms with van der Waals surface area (Å²) in [5.41, 5.74) is 5.97. The number of nitrogens with one attached hydrogen (secondary N) is 1. The fraction of sp³-hybridized carbons (Fsp3) is 0.0833. The lowest BCUT2D eigenvalue weighted by molar-refractivity contribution is 0.399. The first-order chi connectivity index (χ1) is 14.8. The molecule has 0 aliphatic carbocycles. The third kappa shape index (κ3) is 2.83. The lowest BCUT2D eigenvalue weighted by atomic mass is 10.1. The van der Waals surface area contributed by atoms with E-state index < -0.39 is 0 Å². The van der Waals surface area contributed by atoms with Crippen LogP contribution in [0.5, 0.6) is 0 Å². The predicted octanol–water partition coefficient (Wildman–Crippen LogP) is 5.49. The number of aromatic nitrogens is 3. The number of aliphatic hydroxyl groups is 1. The highest BCUT2D eigenvalue weighted by Crippen LogP contribution is 2.42. The van der Waals surface area contributed by atoms with Crippen LogP contribution in [-0.2, 0) is 0 Å². The minimum absolute atomic E-state index is 0.193. The molecule has 1 atom stereocenters. The number of pyridine rings is 1. The Kier molecular flexibility index (Phi) is 4.62. The first-order valence-corrected chi connectivity index (χ1v) is 10.0. The molecule has 5 aromatic rings. The zero-order valence-electron chi connectivity index (χ0n) is 16.2. The van der Waals surface area contributed by atoms with Crippen LogP contribution in [0, 0.1) is 0 Å². The van der Waals surface area contributed by atoms with E-state index in [0.717, 1.165) is 51.7 Å². The van der Waals surface area contributed by atoms with Crippen LogP contribution < -0.4 is 5.32 Å². The molecule has 0 radical (unpaired) electrons. The van der Waals surface area contributed by atoms with Crippen molar-refractivity contribution in [1.82, 2.24) is 14.5 Å². The monoisotopic (exact) mass is 414 g/mol. The van der Waals surface area contributed by atoms with Crippen molar-refractivity contribution in [1.29, 1.82) is 0 Å². The lowest BCUT2D eigenvalue weighted by Crippen LogP contribution is -2.25. The van der Waals surface area contributed by atoms with Crippen LogP contribution in [0.2, 0.25) is 5.15 Å². The predicted molar refractivity (Wildman–Crippen MR) is 122 cm³/mol. The summed E-state index contributed by atoms with van der Waals surface area (Å²) >= 11 is 6.66. The van der Waals surface area contributed by atoms with Gasteiger partial charge in [0.05, 0.1) is 16.6 Å². The van der Waals surface area contributed by atoms with Crippen molar-refractivity contribution in [3.8, 4) is 11.4 Å². The van der Waals surface area contributed by atoms with Gasteiger partial charge in [-0.3, -0.25) is 4.57 Å². The second kappa shape index (κ2) is 7.44. The average Bonchev–Trinajstić information content (AvgIpc) is 3.19. The second-order valence-corrected chi connectivity index (χ2v) is 7.31. The number of nitrogens with zero attached hydrogens (tertiary/aromatic N) is 3. The highest BCUT2D eigenvalue weighted by molar-refractivity contribution is 6.30. The Hall–Kier alpha value is -3.41. The molecule has 1 aliphatic heterocycles. The Morgan fingerprint density at radius 1 is 0.867 bits per heavy atom. The number of hydrogen-bond donors (Lipinski definition) is 2. The molecule has 1 aliphatic rings. The number of hydrogen-bond acceptors (Lipinski definition) is 4. The summed E-state index contributed by atoms with van der Waals surface area (Å²) < 4.78 is 2.22. The molecule has 2 N–H and O–H groups in total. The first kappa shape index (κ1) is 18.6. The van der Waals surface area contributed by atoms with Gasteiger partial charge in [-0.2, -0.15) is 0 Å². The number of imidazole rings is 1. The van der Waals surface area contributed by atoms with Gasteiger partial charge < -0.3 is 10.4 Å². The molecule has 6 rings (SSSR count). The maximum atomic E-state index is 7.00. The van der Waals surface area contributed by atoms with E-state index in [-0.39, 0.29) is 6.17 Å². The summed E-state index contributed by atoms with van der Waals surface area (Å²) in [5, 5.41) is 12.2. The average molecular weight is 415 g/mol. The minimum Gasteiger partial charge on any atom is -0.400 e. The van der Waals surface area contributed by atoms with Crippen LogP contribution in [0.25, 0.3) is 33.3 Å². The summed E-state index contributed by atoms with van der Waals surface area (Å²) in [6, 6.07) is 26.6. The van der Waals surface area contributed by atoms with E-state index in [1.54, 1.807) is 0 Å². The Morgan fingerprint density at radius 3 is 2.43 bits per heavy atom. The van der Waals surface area contributed by atoms with Gasteiger partial charge in [0.25, 0.3) is 0 Å². The maximum Gasteiger partial charge on any atom is 0.145 e. The van der Waals surface area contributed by atoms with E-state index in [9.17, 15) is 0 Å². The molecule has 30 heavy (non-hydrogen) atoms. The number of rotatable bonds is 1. The van der Waals surface area contributed by atoms with Crippen LogP contribution in [0.4, 0.5) is 5.69 Å². The molecule has 0 saturated carbocycles. The fourth-order valence-electron chi connectivity index (χ4n) is 4.03. The Balaban J connectivity index is 0.000000937. The molecule has 6 heteroatoms. The van der Waals surface area contributed by atoms with Gasteiger partial charge >= 0.3 is 0 Å². The van der Waals surface area contributed by atoms with Crippen molar-refractivity contribution in [2.75, 3.05) is 12.4 Å². The zero-order valence-corrected chi connectivity index (χ0v) is 17.0. The highest BCUT2D eigenvalue weighted by Gasteiger charge is 2.29. The Bertz CT molecular complexity index is 1380. The topological polar surface area (TPSA) is 63.0 Å². The van der Waals surface area contributed by atoms with Crippen molar-refractivity contribution in [3.05, 3.63) is 89.6 Å². The van der Waals surface area contributed by atoms with Crippen LogP contribution in [-0.4, -0.2) is 26.8 Å². The number of benzene rings is 3. The van der Waals surface area contributed by atoms with Crippen molar-refractivity contribution in [2.24, 2.45) is 0 Å². The van der Waals surface area contributed by atoms with Gasteiger partial charge in [-0.05, 0) is 36.4 Å². The molecule has 2 aromatic heterocycles. The normalized spacial score (nSPS) is 14.4. The van der Waals surface area contributed by atoms with E-state index in [1.165, 1.54) is 0 Å². The molecule has 0 fully saturated rings. The summed E-state index contributed by atoms with van der Waals surface area (Å²) in [6.07, 6.45) is -0.193. The number of para-hydroxylation sites is 4. The molecule has 0 spiro atoms. The number of halogens is 1. The van der Waals surface area contributed by atoms with Crippen molar-refractivity contribution < 1.29 is 5.11 Å². The zero-order chi connectivity index (χ0) is 20.7. The summed E-state index contributed by atoms with van der Waals surface area (Å²) in [7, 11) is 1.00. The number of aliphatic hydroxyl groups excluding tert-OH is 1. The van der Waals surface area contributed by atoms with Crippen LogP contribution in [0.15, 0.2) is 78.9 Å². The number of fused-ring (bicyclic) bond motifs is 6. The molecule has 3 heterocycles. The summed E-state index contributed by atoms with van der Waals surface area (Å²) in [4.78, 5) is 9.56. The van der Waals surface area contributed by atoms with E-state index in [1.807, 2.05) is 48.5 Å². The quantitative estimate of drug-likeness (QED) is 0.356. The lowest BCUT2D eigenvalue weighted by Gasteiger charge is -2.30. The standard InChI is InChI=1S/C23H15ClN4.CH4O/c24-21-16(13-14-7-1-3-9-17(14)25-21)23-26-18-10-4-2-8-15(18)22-27-19-11-5-6-12-20(19)28(22)23;1-2/h1-13,23,26H;2H,1H3/t23-;/m1./s1. The molecule has 3 aromatic carbocycles. The van der Waals surface area contributed by atoms with Gasteiger partial charge in [-0.25, -0.2) is 9.97 Å². The number of anilines is 1. The maximum absolute atomic E-state index is 7.00. The van der Waals surface area contributed by atoms with Crippen molar-refractivity contribution in [2.45, 2.75) is 6.17 Å². The molecular weight excluding hydrogens is 396 g/mol. The molecule has 5 nitrogen and oxygen atoms in total. The van der Waals surface area contributed by atoms with Gasteiger partial charge in [-0.15, -0.1) is 0 Å². The van der Waals surface area contributed by atoms with Crippen LogP contribution in [0.3, 0.4) is 0 Å². The second-order valence-electron chi connectivity index (χ2n) is 6.95. The van der Waals surface area contributed by atoms with Gasteiger partial charge in [0.2, 0.25) is 0 Å². The van der Waals surface area contributed by atoms with Crippen molar-refractivity contribution >= 4 is 39.2 Å². The first-order valence-electron chi connectivity index (χ1n) is 9.62. The fourth-order valence-corrected chi connectivity index (χ4v) is 4.28. The van der Waals surface area contributed by atoms with Gasteiger partial charge in [-0.1, -0.05) is 54.1 Å². The van der Waals surface area contributed by atoms with E-state index in [4.69, 9.17) is 21.7 Å². The molecular formula is C24H19ClN4O. The summed E-state index contributed by atoms with van der Waals surface area (Å²) in [5.74, 6) is 0.935. The van der Waals surface area contributed by atoms with Gasteiger partial charge in [0.1, 0.15) is 17.1 Å². The Labute approximate surface area is 178 Å². The third-order valence-corrected chi connectivity index (χ3v) is 5.62.